The first kappa shape index (κ1) is 23.0. The quantitative estimate of drug-likeness (QED) is 0.391. The average Bonchev–Trinajstić information content (AvgIpc) is 2.41. The highest BCUT2D eigenvalue weighted by Crippen LogP contribution is 2.59. The third-order valence-corrected chi connectivity index (χ3v) is 2.40. The lowest BCUT2D eigenvalue weighted by Crippen LogP contribution is -2.66. The van der Waals surface area contributed by atoms with Crippen LogP contribution in [0.25, 0.3) is 0 Å². The number of carbonyl (C=O) groups is 1. The molecule has 0 radical (unpaired) electrons. The number of allylic oxidation sites excluding steroid dienone is 3. The van der Waals surface area contributed by atoms with E-state index < -0.39 is 59.6 Å². The van der Waals surface area contributed by atoms with Gasteiger partial charge in [-0.1, -0.05) is 0 Å². The summed E-state index contributed by atoms with van der Waals surface area (Å²) in [5.41, 5.74) is 0. The Bertz CT molecular complexity index is 584. The maximum Gasteiger partial charge on any atom is 0.460 e. The first-order valence-corrected chi connectivity index (χ1v) is 5.30. The number of alkyl halides is 11. The number of rotatable bonds is 6. The summed E-state index contributed by atoms with van der Waals surface area (Å²) in [4.78, 5) is 9.90. The van der Waals surface area contributed by atoms with E-state index in [2.05, 4.69) is 0 Å². The lowest BCUT2D eigenvalue weighted by molar-refractivity contribution is -0.419. The monoisotopic (exact) mass is 402 g/mol. The molecular weight excluding hydrogens is 399 g/mol. The zero-order valence-corrected chi connectivity index (χ0v) is 10.9. The Kier molecular flexibility index (Phi) is 5.90. The SMILES string of the molecule is O=C(O)/C=C/C(F)=C(\F)C(F)(F)C(F)(F)C(F)(F)C(F)(F)C(F)(F)F. The van der Waals surface area contributed by atoms with Crippen molar-refractivity contribution in [3.05, 3.63) is 23.8 Å². The standard InChI is InChI=1S/C10H3F13O2/c11-3(1-2-4(24)25)5(12)6(13,14)7(15,16)8(17,18)9(19,20)10(21,22)23/h1-2H,(H,24,25)/b2-1+,5-3+. The van der Waals surface area contributed by atoms with E-state index in [0.717, 1.165) is 0 Å². The smallest absolute Gasteiger partial charge is 0.460 e. The first-order chi connectivity index (χ1) is 10.7. The third kappa shape index (κ3) is 3.68. The molecule has 0 aromatic rings. The second kappa shape index (κ2) is 6.40. The number of carboxylic acid groups (broad SMARTS) is 1. The summed E-state index contributed by atoms with van der Waals surface area (Å²) in [6.07, 6.45) is -8.72. The Morgan fingerprint density at radius 1 is 0.680 bits per heavy atom. The summed E-state index contributed by atoms with van der Waals surface area (Å²) in [6.45, 7) is 0. The van der Waals surface area contributed by atoms with E-state index >= 15 is 0 Å². The summed E-state index contributed by atoms with van der Waals surface area (Å²) in [7, 11) is 0. The zero-order chi connectivity index (χ0) is 20.6. The van der Waals surface area contributed by atoms with Crippen LogP contribution in [0.5, 0.6) is 0 Å². The van der Waals surface area contributed by atoms with Crippen molar-refractivity contribution in [2.45, 2.75) is 29.9 Å². The molecule has 0 rings (SSSR count). The highest BCUT2D eigenvalue weighted by atomic mass is 19.4. The Morgan fingerprint density at radius 3 is 1.40 bits per heavy atom. The van der Waals surface area contributed by atoms with Crippen LogP contribution in [0.15, 0.2) is 23.8 Å². The van der Waals surface area contributed by atoms with Crippen LogP contribution >= 0.6 is 0 Å². The highest BCUT2D eigenvalue weighted by Gasteiger charge is 2.88. The maximum atomic E-state index is 13.0. The van der Waals surface area contributed by atoms with Crippen LogP contribution in [0.3, 0.4) is 0 Å². The number of carboxylic acids is 1. The van der Waals surface area contributed by atoms with Gasteiger partial charge in [0.2, 0.25) is 5.83 Å². The van der Waals surface area contributed by atoms with Crippen molar-refractivity contribution in [1.82, 2.24) is 0 Å². The van der Waals surface area contributed by atoms with Crippen molar-refractivity contribution in [3.8, 4) is 0 Å². The molecule has 0 aliphatic rings. The largest absolute Gasteiger partial charge is 0.478 e. The lowest BCUT2D eigenvalue weighted by Gasteiger charge is -2.36. The van der Waals surface area contributed by atoms with Crippen molar-refractivity contribution in [1.29, 1.82) is 0 Å². The second-order valence-electron chi connectivity index (χ2n) is 4.13. The third-order valence-electron chi connectivity index (χ3n) is 2.40. The van der Waals surface area contributed by atoms with Gasteiger partial charge in [0.25, 0.3) is 0 Å². The molecule has 0 bridgehead atoms. The number of aliphatic carboxylic acids is 1. The Hall–Kier alpha value is -1.96. The van der Waals surface area contributed by atoms with E-state index in [1.54, 1.807) is 0 Å². The molecule has 146 valence electrons. The van der Waals surface area contributed by atoms with Gasteiger partial charge in [0.05, 0.1) is 0 Å². The molecule has 15 heteroatoms. The summed E-state index contributed by atoms with van der Waals surface area (Å²) in [5, 5.41) is 7.95. The molecule has 0 heterocycles. The van der Waals surface area contributed by atoms with Crippen LogP contribution in [-0.4, -0.2) is 40.9 Å². The minimum Gasteiger partial charge on any atom is -0.478 e. The van der Waals surface area contributed by atoms with Gasteiger partial charge in [0, 0.05) is 6.08 Å². The first-order valence-electron chi connectivity index (χ1n) is 5.30. The molecule has 0 saturated carbocycles. The maximum absolute atomic E-state index is 13.0. The molecule has 0 aliphatic heterocycles. The topological polar surface area (TPSA) is 37.3 Å². The van der Waals surface area contributed by atoms with Crippen LogP contribution in [0.2, 0.25) is 0 Å². The highest BCUT2D eigenvalue weighted by molar-refractivity contribution is 5.80. The summed E-state index contributed by atoms with van der Waals surface area (Å²) in [5.74, 6) is -40.2. The molecule has 0 atom stereocenters. The van der Waals surface area contributed by atoms with Gasteiger partial charge in [-0.3, -0.25) is 0 Å². The fourth-order valence-corrected chi connectivity index (χ4v) is 1.08. The zero-order valence-electron chi connectivity index (χ0n) is 10.9. The number of halogens is 13. The molecule has 0 fully saturated rings. The van der Waals surface area contributed by atoms with Crippen LogP contribution in [-0.2, 0) is 4.79 Å². The second-order valence-corrected chi connectivity index (χ2v) is 4.13. The predicted octanol–water partition coefficient (Wildman–Crippen LogP) is 4.88. The lowest BCUT2D eigenvalue weighted by atomic mass is 9.97. The molecule has 1 N–H and O–H groups in total. The van der Waals surface area contributed by atoms with E-state index in [1.165, 1.54) is 0 Å². The fourth-order valence-electron chi connectivity index (χ4n) is 1.08. The molecule has 0 spiro atoms. The molecular formula is C10H3F13O2. The van der Waals surface area contributed by atoms with Gasteiger partial charge in [-0.25, -0.2) is 13.6 Å². The predicted molar refractivity (Wildman–Crippen MR) is 51.9 cm³/mol. The Morgan fingerprint density at radius 2 is 1.08 bits per heavy atom. The molecule has 0 aromatic heterocycles. The van der Waals surface area contributed by atoms with E-state index in [4.69, 9.17) is 5.11 Å². The van der Waals surface area contributed by atoms with Gasteiger partial charge < -0.3 is 5.11 Å². The summed E-state index contributed by atoms with van der Waals surface area (Å²) in [6, 6.07) is 0. The van der Waals surface area contributed by atoms with Crippen molar-refractivity contribution >= 4 is 5.97 Å². The molecule has 0 aromatic carbocycles. The van der Waals surface area contributed by atoms with Crippen LogP contribution in [0, 0.1) is 0 Å². The van der Waals surface area contributed by atoms with Crippen molar-refractivity contribution in [2.75, 3.05) is 0 Å². The van der Waals surface area contributed by atoms with Crippen LogP contribution < -0.4 is 0 Å². The van der Waals surface area contributed by atoms with Crippen LogP contribution in [0.4, 0.5) is 57.1 Å². The molecule has 0 unspecified atom stereocenters. The molecule has 0 aliphatic carbocycles. The van der Waals surface area contributed by atoms with Gasteiger partial charge in [0.15, 0.2) is 5.83 Å². The van der Waals surface area contributed by atoms with Crippen molar-refractivity contribution in [3.63, 3.8) is 0 Å². The van der Waals surface area contributed by atoms with Gasteiger partial charge in [0.1, 0.15) is 0 Å². The minimum atomic E-state index is -7.91. The average molecular weight is 402 g/mol. The van der Waals surface area contributed by atoms with Gasteiger partial charge in [-0.2, -0.15) is 48.3 Å². The van der Waals surface area contributed by atoms with E-state index in [1.807, 2.05) is 0 Å². The van der Waals surface area contributed by atoms with E-state index in [0.29, 0.717) is 0 Å². The Balaban J connectivity index is 6.30. The van der Waals surface area contributed by atoms with E-state index in [-0.39, 0.29) is 0 Å². The van der Waals surface area contributed by atoms with Gasteiger partial charge >= 0.3 is 35.8 Å². The number of hydrogen-bond donors (Lipinski definition) is 1. The molecule has 0 saturated heterocycles. The van der Waals surface area contributed by atoms with Gasteiger partial charge in [-0.15, -0.1) is 0 Å². The van der Waals surface area contributed by atoms with Crippen molar-refractivity contribution in [2.24, 2.45) is 0 Å². The number of hydrogen-bond acceptors (Lipinski definition) is 1. The van der Waals surface area contributed by atoms with Crippen molar-refractivity contribution < 1.29 is 67.0 Å². The molecule has 0 amide bonds. The van der Waals surface area contributed by atoms with Crippen LogP contribution in [0.1, 0.15) is 0 Å². The molecule has 25 heavy (non-hydrogen) atoms. The fraction of sp³-hybridized carbons (Fsp3) is 0.500. The normalized spacial score (nSPS) is 16.2. The Labute approximate surface area is 128 Å². The van der Waals surface area contributed by atoms with E-state index in [9.17, 15) is 61.9 Å². The summed E-state index contributed by atoms with van der Waals surface area (Å²) < 4.78 is 163. The molecule has 2 nitrogen and oxygen atoms in total. The summed E-state index contributed by atoms with van der Waals surface area (Å²) >= 11 is 0. The minimum absolute atomic E-state index is 0.481. The van der Waals surface area contributed by atoms with Gasteiger partial charge in [-0.05, 0) is 6.08 Å².